The molecule has 0 bridgehead atoms. The minimum absolute atomic E-state index is 0.0396. The van der Waals surface area contributed by atoms with Crippen molar-refractivity contribution in [1.82, 2.24) is 20.0 Å². The van der Waals surface area contributed by atoms with Crippen LogP contribution in [0.4, 0.5) is 0 Å². The second-order valence-corrected chi connectivity index (χ2v) is 7.18. The summed E-state index contributed by atoms with van der Waals surface area (Å²) in [6.07, 6.45) is 2.18. The second kappa shape index (κ2) is 7.13. The lowest BCUT2D eigenvalue weighted by atomic mass is 10.1. The van der Waals surface area contributed by atoms with E-state index in [1.165, 1.54) is 18.2 Å². The molecule has 3 heterocycles. The van der Waals surface area contributed by atoms with E-state index in [0.717, 1.165) is 48.2 Å². The number of nitrogens with one attached hydrogen (secondary N) is 1. The Balaban J connectivity index is 1.42. The van der Waals surface area contributed by atoms with Gasteiger partial charge >= 0.3 is 0 Å². The Morgan fingerprint density at radius 3 is 3.08 bits per heavy atom. The van der Waals surface area contributed by atoms with Gasteiger partial charge in [0.05, 0.1) is 24.5 Å². The lowest BCUT2D eigenvalue weighted by molar-refractivity contribution is -0.119. The van der Waals surface area contributed by atoms with Crippen LogP contribution in [0.1, 0.15) is 23.9 Å². The largest absolute Gasteiger partial charge is 0.489 e. The highest BCUT2D eigenvalue weighted by molar-refractivity contribution is 6.30. The predicted molar refractivity (Wildman–Crippen MR) is 99.9 cm³/mol. The summed E-state index contributed by atoms with van der Waals surface area (Å²) in [5, 5.41) is 8.08. The molecule has 136 valence electrons. The first-order valence-corrected chi connectivity index (χ1v) is 9.09. The SMILES string of the molecule is CC(=O)NCc1cc2n(n1)CCN(CC1=Cc3cc(Cl)ccc3OC1)C2. The lowest BCUT2D eigenvalue weighted by Gasteiger charge is -2.29. The monoisotopic (exact) mass is 372 g/mol. The van der Waals surface area contributed by atoms with Gasteiger partial charge in [0.1, 0.15) is 12.4 Å². The highest BCUT2D eigenvalue weighted by Gasteiger charge is 2.21. The highest BCUT2D eigenvalue weighted by Crippen LogP contribution is 2.29. The van der Waals surface area contributed by atoms with Crippen molar-refractivity contribution >= 4 is 23.6 Å². The molecule has 1 N–H and O–H groups in total. The van der Waals surface area contributed by atoms with Gasteiger partial charge in [-0.1, -0.05) is 11.6 Å². The molecule has 0 radical (unpaired) electrons. The molecular weight excluding hydrogens is 352 g/mol. The van der Waals surface area contributed by atoms with Crippen LogP contribution < -0.4 is 10.1 Å². The van der Waals surface area contributed by atoms with Gasteiger partial charge in [0.25, 0.3) is 0 Å². The lowest BCUT2D eigenvalue weighted by Crippen LogP contribution is -2.36. The van der Waals surface area contributed by atoms with E-state index in [1.807, 2.05) is 22.9 Å². The van der Waals surface area contributed by atoms with Gasteiger partial charge in [-0.2, -0.15) is 5.10 Å². The van der Waals surface area contributed by atoms with Crippen molar-refractivity contribution < 1.29 is 9.53 Å². The number of carbonyl (C=O) groups is 1. The number of hydrogen-bond acceptors (Lipinski definition) is 4. The van der Waals surface area contributed by atoms with Gasteiger partial charge in [-0.25, -0.2) is 0 Å². The topological polar surface area (TPSA) is 59.4 Å². The number of ether oxygens (including phenoxy) is 1. The number of carbonyl (C=O) groups excluding carboxylic acids is 1. The molecule has 26 heavy (non-hydrogen) atoms. The smallest absolute Gasteiger partial charge is 0.217 e. The van der Waals surface area contributed by atoms with Crippen LogP contribution in [0.25, 0.3) is 6.08 Å². The molecular formula is C19H21ClN4O2. The Kier molecular flexibility index (Phi) is 4.70. The van der Waals surface area contributed by atoms with Crippen LogP contribution >= 0.6 is 11.6 Å². The van der Waals surface area contributed by atoms with Crippen LogP contribution in [0.15, 0.2) is 29.8 Å². The summed E-state index contributed by atoms with van der Waals surface area (Å²) in [5.41, 5.74) is 4.36. The third-order valence-corrected chi connectivity index (χ3v) is 4.85. The molecule has 0 saturated carbocycles. The zero-order chi connectivity index (χ0) is 18.1. The minimum Gasteiger partial charge on any atom is -0.489 e. The van der Waals surface area contributed by atoms with Gasteiger partial charge in [0, 0.05) is 37.1 Å². The first kappa shape index (κ1) is 17.1. The van der Waals surface area contributed by atoms with E-state index in [4.69, 9.17) is 16.3 Å². The molecule has 4 rings (SSSR count). The fourth-order valence-electron chi connectivity index (χ4n) is 3.39. The van der Waals surface area contributed by atoms with Crippen LogP contribution in [0.5, 0.6) is 5.75 Å². The van der Waals surface area contributed by atoms with Gasteiger partial charge in [-0.15, -0.1) is 0 Å². The van der Waals surface area contributed by atoms with E-state index < -0.39 is 0 Å². The molecule has 2 aliphatic heterocycles. The highest BCUT2D eigenvalue weighted by atomic mass is 35.5. The molecule has 0 saturated heterocycles. The zero-order valence-corrected chi connectivity index (χ0v) is 15.4. The number of fused-ring (bicyclic) bond motifs is 2. The van der Waals surface area contributed by atoms with Crippen molar-refractivity contribution in [2.75, 3.05) is 19.7 Å². The molecule has 2 aromatic rings. The van der Waals surface area contributed by atoms with Gasteiger partial charge in [0.2, 0.25) is 5.91 Å². The van der Waals surface area contributed by atoms with E-state index in [0.29, 0.717) is 13.2 Å². The van der Waals surface area contributed by atoms with Crippen LogP contribution in [-0.4, -0.2) is 40.3 Å². The third-order valence-electron chi connectivity index (χ3n) is 4.62. The van der Waals surface area contributed by atoms with Crippen molar-refractivity contribution in [3.8, 4) is 5.75 Å². The fraction of sp³-hybridized carbons (Fsp3) is 0.368. The van der Waals surface area contributed by atoms with E-state index in [9.17, 15) is 4.79 Å². The van der Waals surface area contributed by atoms with E-state index in [1.54, 1.807) is 0 Å². The van der Waals surface area contributed by atoms with Gasteiger partial charge in [0.15, 0.2) is 0 Å². The summed E-state index contributed by atoms with van der Waals surface area (Å²) >= 11 is 6.09. The van der Waals surface area contributed by atoms with Crippen LogP contribution in [0.2, 0.25) is 5.02 Å². The van der Waals surface area contributed by atoms with E-state index in [2.05, 4.69) is 27.5 Å². The molecule has 0 spiro atoms. The van der Waals surface area contributed by atoms with Gasteiger partial charge in [-0.3, -0.25) is 14.4 Å². The van der Waals surface area contributed by atoms with Crippen LogP contribution in [0, 0.1) is 0 Å². The Morgan fingerprint density at radius 1 is 1.35 bits per heavy atom. The first-order chi connectivity index (χ1) is 12.6. The number of halogens is 1. The minimum atomic E-state index is -0.0396. The molecule has 1 aromatic carbocycles. The zero-order valence-electron chi connectivity index (χ0n) is 14.7. The molecule has 0 aliphatic carbocycles. The molecule has 7 heteroatoms. The van der Waals surface area contributed by atoms with Crippen molar-refractivity contribution in [2.24, 2.45) is 0 Å². The van der Waals surface area contributed by atoms with Crippen molar-refractivity contribution in [3.05, 3.63) is 51.8 Å². The summed E-state index contributed by atoms with van der Waals surface area (Å²) < 4.78 is 7.89. The quantitative estimate of drug-likeness (QED) is 0.895. The average molecular weight is 373 g/mol. The van der Waals surface area contributed by atoms with Gasteiger partial charge in [-0.05, 0) is 35.9 Å². The Morgan fingerprint density at radius 2 is 2.23 bits per heavy atom. The van der Waals surface area contributed by atoms with Crippen molar-refractivity contribution in [1.29, 1.82) is 0 Å². The maximum atomic E-state index is 11.1. The summed E-state index contributed by atoms with van der Waals surface area (Å²) in [4.78, 5) is 13.5. The summed E-state index contributed by atoms with van der Waals surface area (Å²) in [7, 11) is 0. The van der Waals surface area contributed by atoms with Crippen molar-refractivity contribution in [2.45, 2.75) is 26.6 Å². The number of hydrogen-bond donors (Lipinski definition) is 1. The summed E-state index contributed by atoms with van der Waals surface area (Å²) in [5.74, 6) is 0.847. The molecule has 6 nitrogen and oxygen atoms in total. The van der Waals surface area contributed by atoms with E-state index >= 15 is 0 Å². The molecule has 2 aliphatic rings. The predicted octanol–water partition coefficient (Wildman–Crippen LogP) is 2.46. The first-order valence-electron chi connectivity index (χ1n) is 8.71. The van der Waals surface area contributed by atoms with Gasteiger partial charge < -0.3 is 10.1 Å². The summed E-state index contributed by atoms with van der Waals surface area (Å²) in [6, 6.07) is 7.78. The molecule has 1 aromatic heterocycles. The normalized spacial score (nSPS) is 16.3. The Bertz CT molecular complexity index is 874. The molecule has 0 fully saturated rings. The van der Waals surface area contributed by atoms with E-state index in [-0.39, 0.29) is 5.91 Å². The third kappa shape index (κ3) is 3.76. The number of rotatable bonds is 4. The number of aromatic nitrogens is 2. The number of amides is 1. The number of benzene rings is 1. The number of nitrogens with zero attached hydrogens (tertiary/aromatic N) is 3. The maximum Gasteiger partial charge on any atom is 0.217 e. The fourth-order valence-corrected chi connectivity index (χ4v) is 3.57. The Labute approximate surface area is 157 Å². The average Bonchev–Trinajstić information content (AvgIpc) is 3.02. The second-order valence-electron chi connectivity index (χ2n) is 6.74. The summed E-state index contributed by atoms with van der Waals surface area (Å²) in [6.45, 7) is 6.10. The molecule has 0 atom stereocenters. The maximum absolute atomic E-state index is 11.1. The molecule has 1 amide bonds. The van der Waals surface area contributed by atoms with Crippen molar-refractivity contribution in [3.63, 3.8) is 0 Å². The molecule has 0 unspecified atom stereocenters. The van der Waals surface area contributed by atoms with Crippen LogP contribution in [-0.2, 0) is 24.4 Å². The van der Waals surface area contributed by atoms with Crippen LogP contribution in [0.3, 0.4) is 0 Å². The Hall–Kier alpha value is -2.31. The standard InChI is InChI=1S/C19H21ClN4O2/c1-13(25)21-9-17-8-18-11-23(4-5-24(18)22-17)10-14-6-15-7-16(20)2-3-19(15)26-12-14/h2-3,6-8H,4-5,9-12H2,1H3,(H,21,25).